The van der Waals surface area contributed by atoms with E-state index in [0.29, 0.717) is 18.1 Å². The molecule has 6 nitrogen and oxygen atoms in total. The number of rotatable bonds is 4. The molecule has 1 aromatic heterocycles. The van der Waals surface area contributed by atoms with Crippen LogP contribution in [0, 0.1) is 17.8 Å². The van der Waals surface area contributed by atoms with Gasteiger partial charge >= 0.3 is 0 Å². The van der Waals surface area contributed by atoms with E-state index in [0.717, 1.165) is 68.4 Å². The first-order valence-corrected chi connectivity index (χ1v) is 22.5. The molecule has 2 aromatic carbocycles. The molecule has 4 heterocycles. The Balaban J connectivity index is 0.000000123. The maximum atomic E-state index is 11.0. The van der Waals surface area contributed by atoms with Gasteiger partial charge in [0, 0.05) is 44.8 Å². The average Bonchev–Trinajstić information content (AvgIpc) is 3.97. The zero-order valence-corrected chi connectivity index (χ0v) is 34.9. The van der Waals surface area contributed by atoms with Crippen LogP contribution >= 0.6 is 47.8 Å². The number of halogens is 3. The summed E-state index contributed by atoms with van der Waals surface area (Å²) in [7, 11) is 0. The highest BCUT2D eigenvalue weighted by atomic mass is 79.9. The Hall–Kier alpha value is -1.71. The largest absolute Gasteiger partial charge is 0.353 e. The van der Waals surface area contributed by atoms with Crippen LogP contribution in [0.2, 0.25) is 0 Å². The van der Waals surface area contributed by atoms with Crippen molar-refractivity contribution in [3.8, 4) is 0 Å². The number of aliphatic imine (C=N–C) groups is 1. The summed E-state index contributed by atoms with van der Waals surface area (Å²) in [4.78, 5) is 20.8. The van der Waals surface area contributed by atoms with E-state index in [1.165, 1.54) is 126 Å². The molecule has 1 amide bonds. The monoisotopic (exact) mass is 883 g/mol. The van der Waals surface area contributed by atoms with E-state index in [2.05, 4.69) is 99.4 Å². The number of benzene rings is 2. The number of imidazole rings is 1. The van der Waals surface area contributed by atoms with E-state index in [9.17, 15) is 4.79 Å². The number of aryl methyl sites for hydroxylation is 1. The van der Waals surface area contributed by atoms with Crippen molar-refractivity contribution in [1.29, 1.82) is 0 Å². The fourth-order valence-corrected chi connectivity index (χ4v) is 11.4. The minimum Gasteiger partial charge on any atom is -0.353 e. The first-order chi connectivity index (χ1) is 24.9. The first-order valence-electron chi connectivity index (χ1n) is 20.2. The Morgan fingerprint density at radius 3 is 1.98 bits per heavy atom. The standard InChI is InChI=1S/C16H20Br2N2.C16H19BrN2.C10H17NO/c17-12-6-7-15(13(18)10-12)20-16-9-8-14(19-16)11-4-2-1-3-5-11;17-12-6-7-13-15(10-12)19-14(8-9-16(19)18-13)11-4-2-1-3-5-11;12-10-7-6-9(11-10)8-4-2-1-3-5-8/h6-7,10-11,14H,1-5,8-9H2,(H,19,20);6-7,10-11,14H,1-5,8-9H2;8-9H,1-7H2,(H,11,12). The van der Waals surface area contributed by atoms with Crippen LogP contribution in [0.4, 0.5) is 5.69 Å². The second-order valence-electron chi connectivity index (χ2n) is 16.0. The minimum atomic E-state index is 0.269. The molecule has 6 aliphatic rings. The lowest BCUT2D eigenvalue weighted by atomic mass is 9.83. The Morgan fingerprint density at radius 1 is 0.667 bits per heavy atom. The molecule has 2 N–H and O–H groups in total. The fraction of sp³-hybridized carbons (Fsp3) is 0.643. The SMILES string of the molecule is Brc1ccc(NC2=NC(C3CCCCC3)CC2)c(Br)c1.Brc1ccc2nc3n(c2c1)C(C1CCCCC1)CC3.O=C1CCC(C2CCCCC2)N1. The zero-order chi connectivity index (χ0) is 35.2. The van der Waals surface area contributed by atoms with Crippen LogP contribution in [0.25, 0.3) is 11.0 Å². The fourth-order valence-electron chi connectivity index (χ4n) is 9.88. The molecule has 3 aliphatic heterocycles. The lowest BCUT2D eigenvalue weighted by Gasteiger charge is -2.29. The summed E-state index contributed by atoms with van der Waals surface area (Å²) in [6, 6.07) is 14.5. The molecule has 9 heteroatoms. The van der Waals surface area contributed by atoms with Gasteiger partial charge in [-0.05, 0) is 128 Å². The van der Waals surface area contributed by atoms with Crippen molar-refractivity contribution in [1.82, 2.24) is 14.9 Å². The van der Waals surface area contributed by atoms with Gasteiger partial charge in [0.05, 0.1) is 22.8 Å². The van der Waals surface area contributed by atoms with Gasteiger partial charge in [0.25, 0.3) is 0 Å². The second-order valence-corrected chi connectivity index (χ2v) is 18.7. The molecule has 4 fully saturated rings. The predicted octanol–water partition coefficient (Wildman–Crippen LogP) is 12.5. The van der Waals surface area contributed by atoms with Crippen molar-refractivity contribution in [2.45, 2.75) is 153 Å². The minimum absolute atomic E-state index is 0.269. The highest BCUT2D eigenvalue weighted by molar-refractivity contribution is 9.11. The molecular weight excluding hydrogens is 830 g/mol. The lowest BCUT2D eigenvalue weighted by molar-refractivity contribution is -0.119. The van der Waals surface area contributed by atoms with Gasteiger partial charge in [-0.2, -0.15) is 0 Å². The van der Waals surface area contributed by atoms with E-state index in [-0.39, 0.29) is 5.91 Å². The molecule has 51 heavy (non-hydrogen) atoms. The Labute approximate surface area is 330 Å². The number of fused-ring (bicyclic) bond motifs is 3. The van der Waals surface area contributed by atoms with Crippen LogP contribution in [-0.2, 0) is 11.2 Å². The van der Waals surface area contributed by atoms with Crippen LogP contribution in [0.3, 0.4) is 0 Å². The smallest absolute Gasteiger partial charge is 0.220 e. The Kier molecular flexibility index (Phi) is 13.3. The molecular formula is C42H56Br3N5O. The van der Waals surface area contributed by atoms with Gasteiger partial charge < -0.3 is 15.2 Å². The molecule has 3 saturated carbocycles. The van der Waals surface area contributed by atoms with E-state index < -0.39 is 0 Å². The number of hydrogen-bond donors (Lipinski definition) is 2. The summed E-state index contributed by atoms with van der Waals surface area (Å²) < 4.78 is 5.88. The highest BCUT2D eigenvalue weighted by Crippen LogP contribution is 2.42. The third-order valence-corrected chi connectivity index (χ3v) is 14.2. The molecule has 0 spiro atoms. The molecule has 3 aromatic rings. The highest BCUT2D eigenvalue weighted by Gasteiger charge is 2.33. The lowest BCUT2D eigenvalue weighted by Crippen LogP contribution is -2.33. The molecule has 3 aliphatic carbocycles. The van der Waals surface area contributed by atoms with E-state index in [1.54, 1.807) is 0 Å². The van der Waals surface area contributed by atoms with E-state index in [4.69, 9.17) is 9.98 Å². The van der Waals surface area contributed by atoms with Crippen LogP contribution in [0.1, 0.15) is 140 Å². The van der Waals surface area contributed by atoms with Gasteiger partial charge in [-0.1, -0.05) is 89.6 Å². The number of amidine groups is 1. The van der Waals surface area contributed by atoms with Crippen molar-refractivity contribution < 1.29 is 4.79 Å². The van der Waals surface area contributed by atoms with Crippen molar-refractivity contribution in [2.75, 3.05) is 5.32 Å². The summed E-state index contributed by atoms with van der Waals surface area (Å²) in [6.07, 6.45) is 27.5. The molecule has 3 unspecified atom stereocenters. The van der Waals surface area contributed by atoms with Gasteiger partial charge in [-0.15, -0.1) is 0 Å². The Bertz CT molecular complexity index is 1650. The maximum absolute atomic E-state index is 11.0. The molecule has 9 rings (SSSR count). The predicted molar refractivity (Wildman–Crippen MR) is 222 cm³/mol. The van der Waals surface area contributed by atoms with Gasteiger partial charge in [0.2, 0.25) is 5.91 Å². The van der Waals surface area contributed by atoms with Gasteiger partial charge in [-0.25, -0.2) is 4.98 Å². The van der Waals surface area contributed by atoms with Crippen LogP contribution in [-0.4, -0.2) is 33.4 Å². The quantitative estimate of drug-likeness (QED) is 0.274. The van der Waals surface area contributed by atoms with Gasteiger partial charge in [0.1, 0.15) is 11.7 Å². The summed E-state index contributed by atoms with van der Waals surface area (Å²) in [5.74, 6) is 5.24. The van der Waals surface area contributed by atoms with Gasteiger partial charge in [-0.3, -0.25) is 9.79 Å². The topological polar surface area (TPSA) is 71.3 Å². The van der Waals surface area contributed by atoms with E-state index >= 15 is 0 Å². The number of aromatic nitrogens is 2. The van der Waals surface area contributed by atoms with Crippen molar-refractivity contribution in [2.24, 2.45) is 22.7 Å². The Morgan fingerprint density at radius 2 is 1.31 bits per heavy atom. The summed E-state index contributed by atoms with van der Waals surface area (Å²) in [6.45, 7) is 0. The number of amides is 1. The molecule has 0 bridgehead atoms. The first kappa shape index (κ1) is 37.6. The molecule has 3 atom stereocenters. The normalized spacial score (nSPS) is 25.7. The molecule has 1 saturated heterocycles. The number of nitrogens with zero attached hydrogens (tertiary/aromatic N) is 3. The number of anilines is 1. The number of carbonyl (C=O) groups is 1. The van der Waals surface area contributed by atoms with Crippen molar-refractivity contribution in [3.63, 3.8) is 0 Å². The molecule has 276 valence electrons. The van der Waals surface area contributed by atoms with Crippen LogP contribution < -0.4 is 10.6 Å². The summed E-state index contributed by atoms with van der Waals surface area (Å²) >= 11 is 10.7. The van der Waals surface area contributed by atoms with Gasteiger partial charge in [0.15, 0.2) is 0 Å². The number of hydrogen-bond acceptors (Lipinski definition) is 4. The third-order valence-electron chi connectivity index (χ3n) is 12.6. The average molecular weight is 887 g/mol. The van der Waals surface area contributed by atoms with Crippen molar-refractivity contribution in [3.05, 3.63) is 55.6 Å². The second kappa shape index (κ2) is 18.1. The van der Waals surface area contributed by atoms with E-state index in [1.807, 2.05) is 0 Å². The van der Waals surface area contributed by atoms with Crippen LogP contribution in [0.15, 0.2) is 54.8 Å². The maximum Gasteiger partial charge on any atom is 0.220 e. The third kappa shape index (κ3) is 9.70. The van der Waals surface area contributed by atoms with Crippen molar-refractivity contribution >= 4 is 76.3 Å². The molecule has 0 radical (unpaired) electrons. The number of nitrogens with one attached hydrogen (secondary N) is 2. The summed E-state index contributed by atoms with van der Waals surface area (Å²) in [5.41, 5.74) is 3.60. The number of carbonyl (C=O) groups excluding carboxylic acids is 1. The zero-order valence-electron chi connectivity index (χ0n) is 30.2. The summed E-state index contributed by atoms with van der Waals surface area (Å²) in [5, 5.41) is 6.57. The van der Waals surface area contributed by atoms with Crippen LogP contribution in [0.5, 0.6) is 0 Å².